The molecule has 1 fully saturated rings. The summed E-state index contributed by atoms with van der Waals surface area (Å²) < 4.78 is 0. The van der Waals surface area contributed by atoms with Crippen LogP contribution < -0.4 is 0 Å². The maximum atomic E-state index is 11.1. The van der Waals surface area contributed by atoms with E-state index in [1.165, 1.54) is 19.1 Å². The Morgan fingerprint density at radius 3 is 2.77 bits per heavy atom. The van der Waals surface area contributed by atoms with Crippen LogP contribution in [0.25, 0.3) is 0 Å². The second-order valence-electron chi connectivity index (χ2n) is 4.27. The standard InChI is InChI=1S/C12H20O/c1-3-5-7-12(10-13)8-6-11(4-2)9-12/h3,5,10-11H,4,6-9H2,1-2H3/b5-3+. The summed E-state index contributed by atoms with van der Waals surface area (Å²) in [5.41, 5.74) is -0.00676. The largest absolute Gasteiger partial charge is 0.303 e. The third-order valence-corrected chi connectivity index (χ3v) is 3.33. The highest BCUT2D eigenvalue weighted by atomic mass is 16.1. The van der Waals surface area contributed by atoms with E-state index in [0.717, 1.165) is 25.2 Å². The second-order valence-corrected chi connectivity index (χ2v) is 4.27. The fourth-order valence-electron chi connectivity index (χ4n) is 2.31. The molecule has 0 aromatic heterocycles. The zero-order chi connectivity index (χ0) is 9.73. The molecule has 74 valence electrons. The molecular formula is C12H20O. The van der Waals surface area contributed by atoms with Gasteiger partial charge in [-0.15, -0.1) is 0 Å². The molecular weight excluding hydrogens is 160 g/mol. The highest BCUT2D eigenvalue weighted by Crippen LogP contribution is 2.44. The Balaban J connectivity index is 2.56. The van der Waals surface area contributed by atoms with Crippen LogP contribution in [-0.2, 0) is 4.79 Å². The van der Waals surface area contributed by atoms with Crippen molar-refractivity contribution in [3.8, 4) is 0 Å². The summed E-state index contributed by atoms with van der Waals surface area (Å²) in [6.07, 6.45) is 11.0. The molecule has 0 amide bonds. The number of rotatable bonds is 4. The van der Waals surface area contributed by atoms with Gasteiger partial charge >= 0.3 is 0 Å². The van der Waals surface area contributed by atoms with Gasteiger partial charge < -0.3 is 4.79 Å². The van der Waals surface area contributed by atoms with Crippen LogP contribution in [0.15, 0.2) is 12.2 Å². The Labute approximate surface area is 81.2 Å². The molecule has 1 saturated carbocycles. The van der Waals surface area contributed by atoms with Crippen LogP contribution >= 0.6 is 0 Å². The fourth-order valence-corrected chi connectivity index (χ4v) is 2.31. The molecule has 0 saturated heterocycles. The lowest BCUT2D eigenvalue weighted by Crippen LogP contribution is -2.17. The number of aldehydes is 1. The molecule has 0 heterocycles. The molecule has 0 aromatic rings. The van der Waals surface area contributed by atoms with Crippen molar-refractivity contribution in [3.63, 3.8) is 0 Å². The van der Waals surface area contributed by atoms with E-state index in [1.54, 1.807) is 0 Å². The summed E-state index contributed by atoms with van der Waals surface area (Å²) in [5, 5.41) is 0. The van der Waals surface area contributed by atoms with Gasteiger partial charge in [0.05, 0.1) is 0 Å². The van der Waals surface area contributed by atoms with Crippen molar-refractivity contribution in [3.05, 3.63) is 12.2 Å². The minimum Gasteiger partial charge on any atom is -0.303 e. The van der Waals surface area contributed by atoms with Crippen molar-refractivity contribution in [1.82, 2.24) is 0 Å². The van der Waals surface area contributed by atoms with Gasteiger partial charge in [-0.1, -0.05) is 25.5 Å². The number of hydrogen-bond donors (Lipinski definition) is 0. The number of carbonyl (C=O) groups excluding carboxylic acids is 1. The second kappa shape index (κ2) is 4.59. The van der Waals surface area contributed by atoms with E-state index < -0.39 is 0 Å². The van der Waals surface area contributed by atoms with Gasteiger partial charge in [0, 0.05) is 5.41 Å². The van der Waals surface area contributed by atoms with E-state index in [1.807, 2.05) is 13.0 Å². The summed E-state index contributed by atoms with van der Waals surface area (Å²) in [6, 6.07) is 0. The van der Waals surface area contributed by atoms with Crippen molar-refractivity contribution < 1.29 is 4.79 Å². The molecule has 0 aromatic carbocycles. The molecule has 0 bridgehead atoms. The number of carbonyl (C=O) groups is 1. The molecule has 1 nitrogen and oxygen atoms in total. The van der Waals surface area contributed by atoms with Gasteiger partial charge in [-0.25, -0.2) is 0 Å². The monoisotopic (exact) mass is 180 g/mol. The van der Waals surface area contributed by atoms with Crippen LogP contribution in [0.5, 0.6) is 0 Å². The topological polar surface area (TPSA) is 17.1 Å². The van der Waals surface area contributed by atoms with Gasteiger partial charge in [-0.2, -0.15) is 0 Å². The van der Waals surface area contributed by atoms with Crippen LogP contribution in [0.2, 0.25) is 0 Å². The van der Waals surface area contributed by atoms with Crippen LogP contribution in [0.4, 0.5) is 0 Å². The Bertz CT molecular complexity index is 195. The van der Waals surface area contributed by atoms with E-state index in [9.17, 15) is 4.79 Å². The minimum absolute atomic E-state index is 0.00676. The molecule has 1 heteroatoms. The molecule has 2 unspecified atom stereocenters. The van der Waals surface area contributed by atoms with E-state index in [2.05, 4.69) is 13.0 Å². The minimum atomic E-state index is -0.00676. The molecule has 1 rings (SSSR count). The highest BCUT2D eigenvalue weighted by molar-refractivity contribution is 5.60. The molecule has 1 aliphatic carbocycles. The van der Waals surface area contributed by atoms with Crippen molar-refractivity contribution >= 4 is 6.29 Å². The van der Waals surface area contributed by atoms with Gasteiger partial charge in [-0.3, -0.25) is 0 Å². The smallest absolute Gasteiger partial charge is 0.126 e. The zero-order valence-electron chi connectivity index (χ0n) is 8.75. The molecule has 0 aliphatic heterocycles. The maximum Gasteiger partial charge on any atom is 0.126 e. The average Bonchev–Trinajstić information content (AvgIpc) is 2.59. The van der Waals surface area contributed by atoms with Gasteiger partial charge in [-0.05, 0) is 38.5 Å². The molecule has 0 spiro atoms. The lowest BCUT2D eigenvalue weighted by atomic mass is 9.83. The summed E-state index contributed by atoms with van der Waals surface area (Å²) in [6.45, 7) is 4.24. The average molecular weight is 180 g/mol. The van der Waals surface area contributed by atoms with Crippen LogP contribution in [0.3, 0.4) is 0 Å². The van der Waals surface area contributed by atoms with Crippen LogP contribution in [0, 0.1) is 11.3 Å². The highest BCUT2D eigenvalue weighted by Gasteiger charge is 2.36. The first-order valence-corrected chi connectivity index (χ1v) is 5.34. The molecule has 0 radical (unpaired) electrons. The first-order chi connectivity index (χ1) is 6.26. The summed E-state index contributed by atoms with van der Waals surface area (Å²) in [4.78, 5) is 11.1. The number of allylic oxidation sites excluding steroid dienone is 2. The van der Waals surface area contributed by atoms with Crippen molar-refractivity contribution in [1.29, 1.82) is 0 Å². The van der Waals surface area contributed by atoms with Gasteiger partial charge in [0.25, 0.3) is 0 Å². The Morgan fingerprint density at radius 1 is 1.54 bits per heavy atom. The maximum absolute atomic E-state index is 11.1. The zero-order valence-corrected chi connectivity index (χ0v) is 8.75. The van der Waals surface area contributed by atoms with Crippen molar-refractivity contribution in [2.75, 3.05) is 0 Å². The fraction of sp³-hybridized carbons (Fsp3) is 0.750. The quantitative estimate of drug-likeness (QED) is 0.479. The first kappa shape index (κ1) is 10.5. The Morgan fingerprint density at radius 2 is 2.31 bits per heavy atom. The van der Waals surface area contributed by atoms with Gasteiger partial charge in [0.15, 0.2) is 0 Å². The molecule has 0 N–H and O–H groups in total. The van der Waals surface area contributed by atoms with Crippen molar-refractivity contribution in [2.45, 2.75) is 46.0 Å². The SMILES string of the molecule is C/C=C/CC1(C=O)CCC(CC)C1. The molecule has 13 heavy (non-hydrogen) atoms. The first-order valence-electron chi connectivity index (χ1n) is 5.34. The van der Waals surface area contributed by atoms with Crippen LogP contribution in [0.1, 0.15) is 46.0 Å². The van der Waals surface area contributed by atoms with Gasteiger partial charge in [0.1, 0.15) is 6.29 Å². The van der Waals surface area contributed by atoms with E-state index in [0.29, 0.717) is 0 Å². The van der Waals surface area contributed by atoms with E-state index >= 15 is 0 Å². The van der Waals surface area contributed by atoms with Crippen molar-refractivity contribution in [2.24, 2.45) is 11.3 Å². The molecule has 1 aliphatic rings. The summed E-state index contributed by atoms with van der Waals surface area (Å²) in [7, 11) is 0. The lowest BCUT2D eigenvalue weighted by molar-refractivity contribution is -0.116. The van der Waals surface area contributed by atoms with Crippen LogP contribution in [-0.4, -0.2) is 6.29 Å². The number of hydrogen-bond acceptors (Lipinski definition) is 1. The summed E-state index contributed by atoms with van der Waals surface area (Å²) in [5.74, 6) is 0.787. The summed E-state index contributed by atoms with van der Waals surface area (Å²) >= 11 is 0. The van der Waals surface area contributed by atoms with Gasteiger partial charge in [0.2, 0.25) is 0 Å². The van der Waals surface area contributed by atoms with E-state index in [4.69, 9.17) is 0 Å². The lowest BCUT2D eigenvalue weighted by Gasteiger charge is -2.20. The Kier molecular flexibility index (Phi) is 3.71. The third-order valence-electron chi connectivity index (χ3n) is 3.33. The predicted molar refractivity (Wildman–Crippen MR) is 55.6 cm³/mol. The Hall–Kier alpha value is -0.590. The van der Waals surface area contributed by atoms with E-state index in [-0.39, 0.29) is 5.41 Å². The normalized spacial score (nSPS) is 34.2. The predicted octanol–water partition coefficient (Wildman–Crippen LogP) is 3.35. The third kappa shape index (κ3) is 2.43. The molecule has 2 atom stereocenters.